The minimum absolute atomic E-state index is 0.233. The second-order valence-electron chi connectivity index (χ2n) is 4.96. The Kier molecular flexibility index (Phi) is 5.77. The van der Waals surface area contributed by atoms with E-state index in [1.165, 1.54) is 0 Å². The van der Waals surface area contributed by atoms with Gasteiger partial charge in [-0.05, 0) is 37.8 Å². The van der Waals surface area contributed by atoms with E-state index in [4.69, 9.17) is 5.73 Å². The van der Waals surface area contributed by atoms with Gasteiger partial charge in [0.25, 0.3) is 0 Å². The van der Waals surface area contributed by atoms with Crippen LogP contribution in [-0.4, -0.2) is 43.5 Å². The molecule has 0 spiro atoms. The second-order valence-corrected chi connectivity index (χ2v) is 4.96. The summed E-state index contributed by atoms with van der Waals surface area (Å²) in [6, 6.07) is 0. The molecule has 1 aliphatic heterocycles. The summed E-state index contributed by atoms with van der Waals surface area (Å²) in [5.41, 5.74) is 5.68. The summed E-state index contributed by atoms with van der Waals surface area (Å²) in [7, 11) is 0. The highest BCUT2D eigenvalue weighted by molar-refractivity contribution is 5.78. The van der Waals surface area contributed by atoms with Crippen LogP contribution in [0.3, 0.4) is 0 Å². The van der Waals surface area contributed by atoms with Gasteiger partial charge in [0.05, 0.1) is 6.54 Å². The quantitative estimate of drug-likeness (QED) is 0.692. The Balaban J connectivity index is 2.16. The molecule has 1 heterocycles. The lowest BCUT2D eigenvalue weighted by atomic mass is 9.96. The van der Waals surface area contributed by atoms with Gasteiger partial charge in [-0.2, -0.15) is 0 Å². The van der Waals surface area contributed by atoms with Crippen LogP contribution in [0.1, 0.15) is 26.7 Å². The molecule has 0 aromatic carbocycles. The monoisotopic (exact) mass is 227 g/mol. The summed E-state index contributed by atoms with van der Waals surface area (Å²) in [5.74, 6) is 1.27. The first-order chi connectivity index (χ1) is 7.65. The van der Waals surface area contributed by atoms with Crippen LogP contribution < -0.4 is 11.1 Å². The third-order valence-corrected chi connectivity index (χ3v) is 3.39. The Labute approximate surface area is 98.6 Å². The Hall–Kier alpha value is -0.610. The molecule has 0 bridgehead atoms. The maximum absolute atomic E-state index is 11.7. The largest absolute Gasteiger partial charge is 0.342 e. The number of nitrogens with zero attached hydrogens (tertiary/aromatic N) is 1. The molecule has 0 aromatic heterocycles. The number of likely N-dealkylation sites (tertiary alicyclic amines) is 1. The summed E-state index contributed by atoms with van der Waals surface area (Å²) in [6.07, 6.45) is 2.31. The van der Waals surface area contributed by atoms with Gasteiger partial charge in [-0.15, -0.1) is 0 Å². The molecule has 4 heteroatoms. The first-order valence-corrected chi connectivity index (χ1v) is 6.33. The lowest BCUT2D eigenvalue weighted by Gasteiger charge is -2.20. The molecule has 3 N–H and O–H groups in total. The first kappa shape index (κ1) is 13.5. The third kappa shape index (κ3) is 4.10. The van der Waals surface area contributed by atoms with Gasteiger partial charge in [0, 0.05) is 13.1 Å². The van der Waals surface area contributed by atoms with Crippen molar-refractivity contribution in [2.45, 2.75) is 26.7 Å². The van der Waals surface area contributed by atoms with Crippen molar-refractivity contribution in [3.8, 4) is 0 Å². The zero-order valence-corrected chi connectivity index (χ0v) is 10.5. The van der Waals surface area contributed by atoms with E-state index < -0.39 is 0 Å². The van der Waals surface area contributed by atoms with Gasteiger partial charge in [-0.25, -0.2) is 0 Å². The number of amides is 1. The highest BCUT2D eigenvalue weighted by atomic mass is 16.2. The van der Waals surface area contributed by atoms with Crippen LogP contribution in [0.25, 0.3) is 0 Å². The molecule has 4 nitrogen and oxygen atoms in total. The Morgan fingerprint density at radius 2 is 2.00 bits per heavy atom. The smallest absolute Gasteiger partial charge is 0.236 e. The van der Waals surface area contributed by atoms with E-state index in [2.05, 4.69) is 19.2 Å². The van der Waals surface area contributed by atoms with Crippen molar-refractivity contribution in [1.29, 1.82) is 0 Å². The lowest BCUT2D eigenvalue weighted by Crippen LogP contribution is -2.39. The van der Waals surface area contributed by atoms with Gasteiger partial charge in [-0.3, -0.25) is 4.79 Å². The predicted molar refractivity (Wildman–Crippen MR) is 66.1 cm³/mol. The van der Waals surface area contributed by atoms with Crippen molar-refractivity contribution in [2.75, 3.05) is 32.7 Å². The highest BCUT2D eigenvalue weighted by Gasteiger charge is 2.18. The van der Waals surface area contributed by atoms with Crippen LogP contribution >= 0.6 is 0 Å². The number of nitrogens with two attached hydrogens (primary N) is 1. The van der Waals surface area contributed by atoms with E-state index in [1.54, 1.807) is 0 Å². The van der Waals surface area contributed by atoms with Crippen LogP contribution in [0.5, 0.6) is 0 Å². The third-order valence-electron chi connectivity index (χ3n) is 3.39. The van der Waals surface area contributed by atoms with Crippen molar-refractivity contribution < 1.29 is 4.79 Å². The molecule has 0 radical (unpaired) electrons. The Morgan fingerprint density at radius 3 is 2.50 bits per heavy atom. The summed E-state index contributed by atoms with van der Waals surface area (Å²) in [4.78, 5) is 13.7. The molecule has 1 rings (SSSR count). The van der Waals surface area contributed by atoms with Crippen LogP contribution in [0.15, 0.2) is 0 Å². The fourth-order valence-electron chi connectivity index (χ4n) is 2.03. The molecule has 1 fully saturated rings. The number of nitrogens with one attached hydrogen (secondary N) is 1. The van der Waals surface area contributed by atoms with Gasteiger partial charge in [0.2, 0.25) is 5.91 Å². The van der Waals surface area contributed by atoms with E-state index >= 15 is 0 Å². The van der Waals surface area contributed by atoms with Gasteiger partial charge in [-0.1, -0.05) is 13.8 Å². The molecule has 16 heavy (non-hydrogen) atoms. The van der Waals surface area contributed by atoms with E-state index in [-0.39, 0.29) is 5.91 Å². The Bertz CT molecular complexity index is 212. The van der Waals surface area contributed by atoms with Gasteiger partial charge < -0.3 is 16.0 Å². The number of carbonyl (C=O) groups excluding carboxylic acids is 1. The molecule has 0 aromatic rings. The number of hydrogen-bond acceptors (Lipinski definition) is 3. The second kappa shape index (κ2) is 6.86. The maximum Gasteiger partial charge on any atom is 0.236 e. The normalized spacial score (nSPS) is 18.1. The van der Waals surface area contributed by atoms with E-state index in [0.717, 1.165) is 32.5 Å². The van der Waals surface area contributed by atoms with Gasteiger partial charge in [0.1, 0.15) is 0 Å². The molecule has 0 saturated carbocycles. The van der Waals surface area contributed by atoms with Crippen LogP contribution in [0.2, 0.25) is 0 Å². The summed E-state index contributed by atoms with van der Waals surface area (Å²) in [6.45, 7) is 8.19. The van der Waals surface area contributed by atoms with Crippen molar-refractivity contribution in [1.82, 2.24) is 10.2 Å². The minimum atomic E-state index is 0.233. The molecule has 1 atom stereocenters. The zero-order chi connectivity index (χ0) is 12.0. The summed E-state index contributed by atoms with van der Waals surface area (Å²) >= 11 is 0. The van der Waals surface area contributed by atoms with Crippen LogP contribution in [0, 0.1) is 11.8 Å². The SMILES string of the molecule is CC(C)C(CN)CNCC(=O)N1CCCC1. The Morgan fingerprint density at radius 1 is 1.38 bits per heavy atom. The molecule has 1 amide bonds. The van der Waals surface area contributed by atoms with Crippen molar-refractivity contribution in [3.63, 3.8) is 0 Å². The number of hydrogen-bond donors (Lipinski definition) is 2. The molecule has 94 valence electrons. The van der Waals surface area contributed by atoms with E-state index in [9.17, 15) is 4.79 Å². The average molecular weight is 227 g/mol. The van der Waals surface area contributed by atoms with E-state index in [0.29, 0.717) is 24.9 Å². The molecular formula is C12H25N3O. The minimum Gasteiger partial charge on any atom is -0.342 e. The van der Waals surface area contributed by atoms with Crippen molar-refractivity contribution >= 4 is 5.91 Å². The summed E-state index contributed by atoms with van der Waals surface area (Å²) in [5, 5.41) is 3.22. The first-order valence-electron chi connectivity index (χ1n) is 6.33. The maximum atomic E-state index is 11.7. The summed E-state index contributed by atoms with van der Waals surface area (Å²) < 4.78 is 0. The molecular weight excluding hydrogens is 202 g/mol. The molecule has 1 aliphatic rings. The van der Waals surface area contributed by atoms with Crippen molar-refractivity contribution in [2.24, 2.45) is 17.6 Å². The van der Waals surface area contributed by atoms with Gasteiger partial charge >= 0.3 is 0 Å². The van der Waals surface area contributed by atoms with Gasteiger partial charge in [0.15, 0.2) is 0 Å². The predicted octanol–water partition coefficient (Wildman–Crippen LogP) is 0.429. The molecule has 1 unspecified atom stereocenters. The molecule has 0 aliphatic carbocycles. The number of carbonyl (C=O) groups is 1. The standard InChI is InChI=1S/C12H25N3O/c1-10(2)11(7-13)8-14-9-12(16)15-5-3-4-6-15/h10-11,14H,3-9,13H2,1-2H3. The van der Waals surface area contributed by atoms with Crippen LogP contribution in [0.4, 0.5) is 0 Å². The molecule has 1 saturated heterocycles. The zero-order valence-electron chi connectivity index (χ0n) is 10.5. The van der Waals surface area contributed by atoms with Crippen LogP contribution in [-0.2, 0) is 4.79 Å². The fraction of sp³-hybridized carbons (Fsp3) is 0.917. The number of rotatable bonds is 6. The fourth-order valence-corrected chi connectivity index (χ4v) is 2.03. The lowest BCUT2D eigenvalue weighted by molar-refractivity contribution is -0.129. The average Bonchev–Trinajstić information content (AvgIpc) is 2.76. The highest BCUT2D eigenvalue weighted by Crippen LogP contribution is 2.08. The van der Waals surface area contributed by atoms with E-state index in [1.807, 2.05) is 4.90 Å². The topological polar surface area (TPSA) is 58.4 Å². The van der Waals surface area contributed by atoms with Crippen molar-refractivity contribution in [3.05, 3.63) is 0 Å².